The molecule has 2 heterocycles. The van der Waals surface area contributed by atoms with E-state index in [0.29, 0.717) is 12.5 Å². The van der Waals surface area contributed by atoms with Crippen molar-refractivity contribution in [2.75, 3.05) is 13.2 Å². The Bertz CT molecular complexity index is 856. The molecular formula is C21H25N3O. The molecule has 1 atom stereocenters. The highest BCUT2D eigenvalue weighted by molar-refractivity contribution is 5.86. The number of nitrogens with zero attached hydrogens (tertiary/aromatic N) is 2. The molecule has 1 aliphatic heterocycles. The van der Waals surface area contributed by atoms with Crippen LogP contribution in [-0.2, 0) is 24.5 Å². The molecule has 0 radical (unpaired) electrons. The average Bonchev–Trinajstić information content (AvgIpc) is 2.96. The molecule has 1 unspecified atom stereocenters. The molecular weight excluding hydrogens is 310 g/mol. The summed E-state index contributed by atoms with van der Waals surface area (Å²) in [7, 11) is 0. The minimum atomic E-state index is 0.301. The van der Waals surface area contributed by atoms with Crippen LogP contribution in [0.25, 0.3) is 10.9 Å². The molecule has 0 amide bonds. The first-order valence-electron chi connectivity index (χ1n) is 8.99. The molecule has 130 valence electrons. The Hall–Kier alpha value is -2.14. The number of fused-ring (bicyclic) bond motifs is 3. The Balaban J connectivity index is 1.76. The Morgan fingerprint density at radius 1 is 1.08 bits per heavy atom. The summed E-state index contributed by atoms with van der Waals surface area (Å²) in [4.78, 5) is 7.60. The number of para-hydroxylation sites is 1. The maximum absolute atomic E-state index is 5.47. The lowest BCUT2D eigenvalue weighted by atomic mass is 9.92. The van der Waals surface area contributed by atoms with Crippen LogP contribution in [0.2, 0.25) is 0 Å². The van der Waals surface area contributed by atoms with Gasteiger partial charge in [0.2, 0.25) is 0 Å². The largest absolute Gasteiger partial charge is 0.343 e. The van der Waals surface area contributed by atoms with E-state index in [2.05, 4.69) is 71.0 Å². The average molecular weight is 335 g/mol. The topological polar surface area (TPSA) is 43.4 Å². The van der Waals surface area contributed by atoms with Crippen molar-refractivity contribution in [2.24, 2.45) is 5.90 Å². The summed E-state index contributed by atoms with van der Waals surface area (Å²) >= 11 is 0. The van der Waals surface area contributed by atoms with E-state index in [9.17, 15) is 0 Å². The fourth-order valence-corrected chi connectivity index (χ4v) is 4.26. The minimum Gasteiger partial charge on any atom is -0.343 e. The third kappa shape index (κ3) is 2.97. The Kier molecular flexibility index (Phi) is 4.57. The molecule has 0 aliphatic carbocycles. The second-order valence-corrected chi connectivity index (χ2v) is 6.81. The molecule has 1 aliphatic rings. The third-order valence-corrected chi connectivity index (χ3v) is 5.24. The number of hydrogen-bond donors (Lipinski definition) is 1. The van der Waals surface area contributed by atoms with E-state index < -0.39 is 0 Å². The van der Waals surface area contributed by atoms with E-state index in [-0.39, 0.29) is 0 Å². The van der Waals surface area contributed by atoms with Crippen LogP contribution in [0.3, 0.4) is 0 Å². The summed E-state index contributed by atoms with van der Waals surface area (Å²) in [6, 6.07) is 19.4. The molecule has 25 heavy (non-hydrogen) atoms. The molecule has 4 nitrogen and oxygen atoms in total. The SMILES string of the molecule is CCn1c2c(c3ccccc31)C(CON)CN(Cc1ccccc1)C2. The third-order valence-electron chi connectivity index (χ3n) is 5.24. The van der Waals surface area contributed by atoms with Crippen LogP contribution >= 0.6 is 0 Å². The number of hydrogen-bond acceptors (Lipinski definition) is 3. The molecule has 0 bridgehead atoms. The number of benzene rings is 2. The van der Waals surface area contributed by atoms with Crippen molar-refractivity contribution < 1.29 is 4.84 Å². The first-order chi connectivity index (χ1) is 12.3. The van der Waals surface area contributed by atoms with Crippen LogP contribution in [0, 0.1) is 0 Å². The number of rotatable bonds is 5. The molecule has 3 aromatic rings. The van der Waals surface area contributed by atoms with Crippen molar-refractivity contribution in [1.82, 2.24) is 9.47 Å². The Morgan fingerprint density at radius 3 is 2.60 bits per heavy atom. The Morgan fingerprint density at radius 2 is 1.84 bits per heavy atom. The fraction of sp³-hybridized carbons (Fsp3) is 0.333. The van der Waals surface area contributed by atoms with E-state index in [1.807, 2.05) is 0 Å². The van der Waals surface area contributed by atoms with Crippen LogP contribution < -0.4 is 5.90 Å². The van der Waals surface area contributed by atoms with Gasteiger partial charge in [0.05, 0.1) is 6.61 Å². The first-order valence-corrected chi connectivity index (χ1v) is 8.99. The van der Waals surface area contributed by atoms with Crippen molar-refractivity contribution in [3.63, 3.8) is 0 Å². The fourth-order valence-electron chi connectivity index (χ4n) is 4.26. The van der Waals surface area contributed by atoms with Gasteiger partial charge in [-0.15, -0.1) is 0 Å². The summed E-state index contributed by atoms with van der Waals surface area (Å²) < 4.78 is 2.45. The summed E-state index contributed by atoms with van der Waals surface area (Å²) in [5, 5.41) is 1.35. The monoisotopic (exact) mass is 335 g/mol. The summed E-state index contributed by atoms with van der Waals surface area (Å²) in [5.74, 6) is 5.77. The summed E-state index contributed by atoms with van der Waals surface area (Å²) in [6.07, 6.45) is 0. The normalized spacial score (nSPS) is 17.8. The minimum absolute atomic E-state index is 0.301. The van der Waals surface area contributed by atoms with E-state index >= 15 is 0 Å². The van der Waals surface area contributed by atoms with Gasteiger partial charge in [0.1, 0.15) is 0 Å². The van der Waals surface area contributed by atoms with E-state index in [0.717, 1.165) is 26.2 Å². The van der Waals surface area contributed by atoms with Gasteiger partial charge in [0.15, 0.2) is 0 Å². The molecule has 0 fully saturated rings. The van der Waals surface area contributed by atoms with Gasteiger partial charge < -0.3 is 9.40 Å². The molecule has 0 saturated heterocycles. The van der Waals surface area contributed by atoms with Crippen LogP contribution in [0.4, 0.5) is 0 Å². The second kappa shape index (κ2) is 7.00. The lowest BCUT2D eigenvalue weighted by Crippen LogP contribution is -2.36. The zero-order valence-corrected chi connectivity index (χ0v) is 14.7. The molecule has 2 N–H and O–H groups in total. The van der Waals surface area contributed by atoms with Gasteiger partial charge in [-0.05, 0) is 24.1 Å². The highest BCUT2D eigenvalue weighted by Crippen LogP contribution is 2.37. The number of nitrogens with two attached hydrogens (primary N) is 1. The quantitative estimate of drug-likeness (QED) is 0.724. The molecule has 4 rings (SSSR count). The summed E-state index contributed by atoms with van der Waals surface area (Å²) in [5.41, 5.74) is 5.50. The zero-order valence-electron chi connectivity index (χ0n) is 14.7. The van der Waals surface area contributed by atoms with Crippen molar-refractivity contribution >= 4 is 10.9 Å². The van der Waals surface area contributed by atoms with Crippen molar-refractivity contribution in [1.29, 1.82) is 0 Å². The molecule has 0 spiro atoms. The van der Waals surface area contributed by atoms with Gasteiger partial charge >= 0.3 is 0 Å². The van der Waals surface area contributed by atoms with E-state index in [1.165, 1.54) is 27.7 Å². The van der Waals surface area contributed by atoms with Crippen LogP contribution in [0.15, 0.2) is 54.6 Å². The first kappa shape index (κ1) is 16.3. The van der Waals surface area contributed by atoms with Crippen LogP contribution in [-0.4, -0.2) is 22.6 Å². The van der Waals surface area contributed by atoms with Gasteiger partial charge in [0.25, 0.3) is 0 Å². The van der Waals surface area contributed by atoms with Crippen LogP contribution in [0.5, 0.6) is 0 Å². The zero-order chi connectivity index (χ0) is 17.2. The molecule has 0 saturated carbocycles. The Labute approximate surface area is 148 Å². The maximum Gasteiger partial charge on any atom is 0.0761 e. The van der Waals surface area contributed by atoms with Crippen molar-refractivity contribution in [3.8, 4) is 0 Å². The van der Waals surface area contributed by atoms with Gasteiger partial charge in [-0.2, -0.15) is 0 Å². The number of aryl methyl sites for hydroxylation is 1. The second-order valence-electron chi connectivity index (χ2n) is 6.81. The lowest BCUT2D eigenvalue weighted by molar-refractivity contribution is 0.0970. The molecule has 1 aromatic heterocycles. The summed E-state index contributed by atoms with van der Waals surface area (Å²) in [6.45, 7) is 6.63. The smallest absolute Gasteiger partial charge is 0.0761 e. The van der Waals surface area contributed by atoms with Crippen molar-refractivity contribution in [3.05, 3.63) is 71.4 Å². The van der Waals surface area contributed by atoms with E-state index in [1.54, 1.807) is 0 Å². The van der Waals surface area contributed by atoms with Gasteiger partial charge in [-0.1, -0.05) is 48.5 Å². The van der Waals surface area contributed by atoms with Gasteiger partial charge in [-0.3, -0.25) is 4.90 Å². The predicted octanol–water partition coefficient (Wildman–Crippen LogP) is 3.65. The highest BCUT2D eigenvalue weighted by Gasteiger charge is 2.30. The highest BCUT2D eigenvalue weighted by atomic mass is 16.6. The molecule has 2 aromatic carbocycles. The predicted molar refractivity (Wildman–Crippen MR) is 101 cm³/mol. The van der Waals surface area contributed by atoms with Gasteiger partial charge in [-0.25, -0.2) is 5.90 Å². The van der Waals surface area contributed by atoms with Crippen molar-refractivity contribution in [2.45, 2.75) is 32.5 Å². The van der Waals surface area contributed by atoms with E-state index in [4.69, 9.17) is 10.7 Å². The number of aromatic nitrogens is 1. The maximum atomic E-state index is 5.47. The van der Waals surface area contributed by atoms with Gasteiger partial charge in [0, 0.05) is 48.7 Å². The molecule has 4 heteroatoms. The lowest BCUT2D eigenvalue weighted by Gasteiger charge is -2.33. The standard InChI is InChI=1S/C21H25N3O/c1-2-24-19-11-7-6-10-18(19)21-17(15-25-22)13-23(14-20(21)24)12-16-8-4-3-5-9-16/h3-11,17H,2,12-15,22H2,1H3. The van der Waals surface area contributed by atoms with Crippen LogP contribution in [0.1, 0.15) is 29.7 Å².